The van der Waals surface area contributed by atoms with E-state index in [1.807, 2.05) is 13.8 Å². The van der Waals surface area contributed by atoms with Crippen molar-refractivity contribution in [1.29, 1.82) is 0 Å². The van der Waals surface area contributed by atoms with Crippen molar-refractivity contribution in [2.24, 2.45) is 7.05 Å². The smallest absolute Gasteiger partial charge is 0.296 e. The van der Waals surface area contributed by atoms with Crippen LogP contribution in [0, 0.1) is 0 Å². The fourth-order valence-corrected chi connectivity index (χ4v) is 3.75. The molecule has 0 amide bonds. The van der Waals surface area contributed by atoms with Gasteiger partial charge in [-0.1, -0.05) is 20.3 Å². The van der Waals surface area contributed by atoms with E-state index in [0.717, 1.165) is 20.0 Å². The van der Waals surface area contributed by atoms with Crippen LogP contribution in [0.5, 0.6) is 5.75 Å². The lowest BCUT2D eigenvalue weighted by molar-refractivity contribution is 0.318. The molecule has 0 bridgehead atoms. The summed E-state index contributed by atoms with van der Waals surface area (Å²) in [5, 5.41) is 4.40. The van der Waals surface area contributed by atoms with E-state index in [-0.39, 0.29) is 16.3 Å². The highest BCUT2D eigenvalue weighted by atomic mass is 32.2. The van der Waals surface area contributed by atoms with E-state index in [1.165, 1.54) is 22.9 Å². The van der Waals surface area contributed by atoms with Gasteiger partial charge in [0.05, 0.1) is 29.9 Å². The van der Waals surface area contributed by atoms with E-state index in [9.17, 15) is 13.2 Å². The van der Waals surface area contributed by atoms with Crippen molar-refractivity contribution in [3.63, 3.8) is 0 Å². The van der Waals surface area contributed by atoms with Crippen molar-refractivity contribution in [2.75, 3.05) is 13.7 Å². The third-order valence-electron chi connectivity index (χ3n) is 4.43. The van der Waals surface area contributed by atoms with Crippen LogP contribution in [0.2, 0.25) is 0 Å². The second kappa shape index (κ2) is 8.34. The summed E-state index contributed by atoms with van der Waals surface area (Å²) in [5.41, 5.74) is 1.59. The number of hydrogen-bond donors (Lipinski definition) is 1. The van der Waals surface area contributed by atoms with E-state index < -0.39 is 10.1 Å². The first kappa shape index (κ1) is 21.0. The van der Waals surface area contributed by atoms with E-state index in [0.29, 0.717) is 41.1 Å². The van der Waals surface area contributed by atoms with Gasteiger partial charge in [0.25, 0.3) is 15.7 Å². The second-order valence-corrected chi connectivity index (χ2v) is 8.27. The number of nitrogens with zero attached hydrogens (tertiary/aromatic N) is 3. The number of ether oxygens (including phenoxy) is 1. The standard InChI is InChI=1S/C19H24N4O5S/c1-5-7-14-16-17(23(3)22-14)19(24)21-18(20-16)13-11-12(29(25,26)27-4)8-9-15(13)28-10-6-2/h8-9,11H,5-7,10H2,1-4H3,(H,20,21,24). The quantitative estimate of drug-likeness (QED) is 0.556. The van der Waals surface area contributed by atoms with Gasteiger partial charge in [-0.05, 0) is 31.0 Å². The molecule has 0 saturated carbocycles. The fraction of sp³-hybridized carbons (Fsp3) is 0.421. The molecule has 9 nitrogen and oxygen atoms in total. The molecule has 29 heavy (non-hydrogen) atoms. The maximum atomic E-state index is 12.7. The fourth-order valence-electron chi connectivity index (χ4n) is 3.06. The first-order valence-electron chi connectivity index (χ1n) is 9.36. The lowest BCUT2D eigenvalue weighted by Crippen LogP contribution is -2.13. The zero-order valence-electron chi connectivity index (χ0n) is 16.9. The van der Waals surface area contributed by atoms with Gasteiger partial charge in [-0.3, -0.25) is 13.7 Å². The summed E-state index contributed by atoms with van der Waals surface area (Å²) in [7, 11) is -1.14. The largest absolute Gasteiger partial charge is 0.493 e. The molecule has 0 spiro atoms. The molecule has 3 aromatic rings. The summed E-state index contributed by atoms with van der Waals surface area (Å²) in [6.45, 7) is 4.41. The van der Waals surface area contributed by atoms with Gasteiger partial charge in [0.1, 0.15) is 17.1 Å². The molecule has 2 heterocycles. The monoisotopic (exact) mass is 420 g/mol. The summed E-state index contributed by atoms with van der Waals surface area (Å²) in [6.07, 6.45) is 2.29. The topological polar surface area (TPSA) is 116 Å². The van der Waals surface area contributed by atoms with Crippen LogP contribution < -0.4 is 10.3 Å². The van der Waals surface area contributed by atoms with Crippen molar-refractivity contribution in [1.82, 2.24) is 19.7 Å². The molecule has 0 fully saturated rings. The molecule has 1 aromatic carbocycles. The molecule has 0 atom stereocenters. The van der Waals surface area contributed by atoms with Crippen molar-refractivity contribution >= 4 is 21.2 Å². The average molecular weight is 420 g/mol. The first-order valence-corrected chi connectivity index (χ1v) is 10.8. The molecule has 2 aromatic heterocycles. The van der Waals surface area contributed by atoms with Crippen LogP contribution in [0.3, 0.4) is 0 Å². The van der Waals surface area contributed by atoms with Crippen LogP contribution >= 0.6 is 0 Å². The maximum absolute atomic E-state index is 12.7. The van der Waals surface area contributed by atoms with Gasteiger partial charge in [-0.2, -0.15) is 13.5 Å². The Morgan fingerprint density at radius 3 is 2.62 bits per heavy atom. The van der Waals surface area contributed by atoms with Gasteiger partial charge >= 0.3 is 0 Å². The van der Waals surface area contributed by atoms with E-state index in [2.05, 4.69) is 19.2 Å². The third kappa shape index (κ3) is 4.03. The highest BCUT2D eigenvalue weighted by Gasteiger charge is 2.21. The number of benzene rings is 1. The van der Waals surface area contributed by atoms with E-state index in [4.69, 9.17) is 4.74 Å². The van der Waals surface area contributed by atoms with Gasteiger partial charge in [-0.25, -0.2) is 4.98 Å². The molecule has 0 aliphatic heterocycles. The molecule has 0 aliphatic rings. The molecule has 0 unspecified atom stereocenters. The predicted octanol–water partition coefficient (Wildman–Crippen LogP) is 2.40. The molecular weight excluding hydrogens is 396 g/mol. The third-order valence-corrected chi connectivity index (χ3v) is 5.70. The Morgan fingerprint density at radius 1 is 1.21 bits per heavy atom. The Balaban J connectivity index is 2.27. The maximum Gasteiger partial charge on any atom is 0.296 e. The summed E-state index contributed by atoms with van der Waals surface area (Å²) in [6, 6.07) is 4.33. The second-order valence-electron chi connectivity index (χ2n) is 6.56. The SMILES string of the molecule is CCCOc1ccc(S(=O)(=O)OC)cc1-c1nc2c(CCC)nn(C)c2c(=O)[nH]1. The number of hydrogen-bond acceptors (Lipinski definition) is 7. The highest BCUT2D eigenvalue weighted by Crippen LogP contribution is 2.31. The van der Waals surface area contributed by atoms with Gasteiger partial charge in [0, 0.05) is 7.05 Å². The van der Waals surface area contributed by atoms with E-state index >= 15 is 0 Å². The summed E-state index contributed by atoms with van der Waals surface area (Å²) >= 11 is 0. The molecule has 156 valence electrons. The van der Waals surface area contributed by atoms with Crippen LogP contribution in [0.1, 0.15) is 32.4 Å². The lowest BCUT2D eigenvalue weighted by atomic mass is 10.1. The Hall–Kier alpha value is -2.72. The minimum absolute atomic E-state index is 0.0541. The van der Waals surface area contributed by atoms with Gasteiger partial charge < -0.3 is 9.72 Å². The molecule has 0 radical (unpaired) electrons. The molecule has 0 saturated heterocycles. The van der Waals surface area contributed by atoms with E-state index in [1.54, 1.807) is 7.05 Å². The Bertz CT molecular complexity index is 1200. The Labute approximate surface area is 168 Å². The number of aromatic nitrogens is 4. The minimum atomic E-state index is -3.92. The van der Waals surface area contributed by atoms with Gasteiger partial charge in [-0.15, -0.1) is 0 Å². The zero-order valence-corrected chi connectivity index (χ0v) is 17.7. The summed E-state index contributed by atoms with van der Waals surface area (Å²) in [4.78, 5) is 20.0. The number of H-pyrrole nitrogens is 1. The molecule has 10 heteroatoms. The van der Waals surface area contributed by atoms with Crippen LogP contribution in [0.4, 0.5) is 0 Å². The number of nitrogens with one attached hydrogen (secondary N) is 1. The Kier molecular flexibility index (Phi) is 6.04. The normalized spacial score (nSPS) is 11.9. The predicted molar refractivity (Wildman–Crippen MR) is 109 cm³/mol. The minimum Gasteiger partial charge on any atom is -0.493 e. The van der Waals surface area contributed by atoms with Crippen molar-refractivity contribution in [3.8, 4) is 17.1 Å². The average Bonchev–Trinajstić information content (AvgIpc) is 3.02. The van der Waals surface area contributed by atoms with Crippen molar-refractivity contribution < 1.29 is 17.3 Å². The van der Waals surface area contributed by atoms with Crippen molar-refractivity contribution in [2.45, 2.75) is 38.0 Å². The summed E-state index contributed by atoms with van der Waals surface area (Å²) < 4.78 is 36.2. The molecule has 1 N–H and O–H groups in total. The zero-order chi connectivity index (χ0) is 21.2. The van der Waals surface area contributed by atoms with Crippen molar-refractivity contribution in [3.05, 3.63) is 34.2 Å². The van der Waals surface area contributed by atoms with Gasteiger partial charge in [0.15, 0.2) is 5.52 Å². The number of fused-ring (bicyclic) bond motifs is 1. The van der Waals surface area contributed by atoms with Crippen LogP contribution in [-0.2, 0) is 27.8 Å². The molecule has 3 rings (SSSR count). The van der Waals surface area contributed by atoms with Crippen LogP contribution in [-0.4, -0.2) is 41.9 Å². The van der Waals surface area contributed by atoms with Crippen LogP contribution in [0.25, 0.3) is 22.4 Å². The molecular formula is C19H24N4O5S. The van der Waals surface area contributed by atoms with Gasteiger partial charge in [0.2, 0.25) is 0 Å². The molecule has 0 aliphatic carbocycles. The van der Waals surface area contributed by atoms with Crippen LogP contribution in [0.15, 0.2) is 27.9 Å². The number of aromatic amines is 1. The summed E-state index contributed by atoms with van der Waals surface area (Å²) in [5.74, 6) is 0.637. The first-order chi connectivity index (χ1) is 13.8. The lowest BCUT2D eigenvalue weighted by Gasteiger charge is -2.12. The number of rotatable bonds is 8. The highest BCUT2D eigenvalue weighted by molar-refractivity contribution is 7.86. The Morgan fingerprint density at radius 2 is 1.97 bits per heavy atom. The number of aryl methyl sites for hydroxylation is 2.